The molecule has 0 spiro atoms. The van der Waals surface area contributed by atoms with E-state index in [1.54, 1.807) is 39.0 Å². The summed E-state index contributed by atoms with van der Waals surface area (Å²) >= 11 is 0. The van der Waals surface area contributed by atoms with Gasteiger partial charge in [0.2, 0.25) is 0 Å². The first-order chi connectivity index (χ1) is 9.92. The molecule has 1 unspecified atom stereocenters. The van der Waals surface area contributed by atoms with E-state index in [9.17, 15) is 14.7 Å². The van der Waals surface area contributed by atoms with Crippen molar-refractivity contribution >= 4 is 11.8 Å². The van der Waals surface area contributed by atoms with E-state index in [-0.39, 0.29) is 12.4 Å². The molecule has 0 radical (unpaired) electrons. The minimum atomic E-state index is -0.870. The second-order valence-electron chi connectivity index (χ2n) is 4.37. The number of carbonyl (C=O) groups excluding carboxylic acids is 2. The molecule has 0 fully saturated rings. The van der Waals surface area contributed by atoms with E-state index in [1.165, 1.54) is 13.0 Å². The maximum absolute atomic E-state index is 12.5. The average Bonchev–Trinajstić information content (AvgIpc) is 2.40. The molecule has 0 saturated carbocycles. The molecule has 0 amide bonds. The Labute approximate surface area is 126 Å². The predicted octanol–water partition coefficient (Wildman–Crippen LogP) is 2.89. The van der Waals surface area contributed by atoms with Gasteiger partial charge in [-0.15, -0.1) is 6.58 Å². The molecule has 0 aliphatic rings. The summed E-state index contributed by atoms with van der Waals surface area (Å²) in [6.07, 6.45) is 5.61. The molecule has 0 saturated heterocycles. The van der Waals surface area contributed by atoms with Crippen LogP contribution in [0.4, 0.5) is 0 Å². The Kier molecular flexibility index (Phi) is 8.97. The number of aliphatic hydroxyl groups excluding tert-OH is 1. The number of ketones is 1. The van der Waals surface area contributed by atoms with Gasteiger partial charge in [0.1, 0.15) is 0 Å². The Bertz CT molecular complexity index is 479. The summed E-state index contributed by atoms with van der Waals surface area (Å²) in [5.74, 6) is -0.798. The third-order valence-electron chi connectivity index (χ3n) is 2.85. The van der Waals surface area contributed by atoms with Crippen molar-refractivity contribution in [3.63, 3.8) is 0 Å². The van der Waals surface area contributed by atoms with Crippen molar-refractivity contribution in [3.8, 4) is 0 Å². The number of allylic oxidation sites excluding steroid dienone is 5. The zero-order chi connectivity index (χ0) is 16.4. The second kappa shape index (κ2) is 9.88. The van der Waals surface area contributed by atoms with Crippen LogP contribution in [0.15, 0.2) is 47.6 Å². The first-order valence-corrected chi connectivity index (χ1v) is 6.96. The summed E-state index contributed by atoms with van der Waals surface area (Å²) in [7, 11) is 0. The lowest BCUT2D eigenvalue weighted by atomic mass is 9.92. The first-order valence-electron chi connectivity index (χ1n) is 6.96. The smallest absolute Gasteiger partial charge is 0.331 e. The van der Waals surface area contributed by atoms with Crippen molar-refractivity contribution in [3.05, 3.63) is 47.6 Å². The van der Waals surface area contributed by atoms with Crippen LogP contribution in [-0.2, 0) is 14.3 Å². The second-order valence-corrected chi connectivity index (χ2v) is 4.37. The fourth-order valence-corrected chi connectivity index (χ4v) is 1.91. The molecule has 4 heteroatoms. The molecule has 116 valence electrons. The number of carbonyl (C=O) groups is 2. The molecule has 4 nitrogen and oxygen atoms in total. The first kappa shape index (κ1) is 19.1. The molecule has 0 aromatic heterocycles. The number of rotatable bonds is 8. The van der Waals surface area contributed by atoms with Crippen molar-refractivity contribution in [2.24, 2.45) is 0 Å². The SMILES string of the molecule is C=CCC(=C\C(=O)OCC)/C(=C\C)C(=O)/C(=C/C)C(C)O. The fourth-order valence-electron chi connectivity index (χ4n) is 1.91. The highest BCUT2D eigenvalue weighted by Crippen LogP contribution is 2.21. The Hall–Kier alpha value is -1.94. The molecule has 0 aliphatic carbocycles. The third-order valence-corrected chi connectivity index (χ3v) is 2.85. The van der Waals surface area contributed by atoms with Crippen LogP contribution in [0.25, 0.3) is 0 Å². The molecular formula is C17H24O4. The topological polar surface area (TPSA) is 63.6 Å². The number of esters is 1. The average molecular weight is 292 g/mol. The molecular weight excluding hydrogens is 268 g/mol. The van der Waals surface area contributed by atoms with Crippen molar-refractivity contribution in [1.82, 2.24) is 0 Å². The van der Waals surface area contributed by atoms with E-state index in [0.29, 0.717) is 23.1 Å². The molecule has 0 bridgehead atoms. The summed E-state index contributed by atoms with van der Waals surface area (Å²) < 4.78 is 4.88. The minimum absolute atomic E-state index is 0.267. The maximum atomic E-state index is 12.5. The Balaban J connectivity index is 5.60. The number of aliphatic hydroxyl groups is 1. The lowest BCUT2D eigenvalue weighted by molar-refractivity contribution is -0.137. The van der Waals surface area contributed by atoms with Gasteiger partial charge in [0.05, 0.1) is 12.7 Å². The summed E-state index contributed by atoms with van der Waals surface area (Å²) in [6, 6.07) is 0. The standard InChI is InChI=1S/C17H24O4/c1-6-10-13(11-16(19)21-9-4)15(8-3)17(20)14(7-2)12(5)18/h6-8,11-12,18H,1,9-10H2,2-5H3/b13-11+,14-7+,15-8+. The Morgan fingerprint density at radius 3 is 2.29 bits per heavy atom. The largest absolute Gasteiger partial charge is 0.463 e. The molecule has 1 N–H and O–H groups in total. The van der Waals surface area contributed by atoms with Gasteiger partial charge in [-0.2, -0.15) is 0 Å². The fraction of sp³-hybridized carbons (Fsp3) is 0.412. The summed E-state index contributed by atoms with van der Waals surface area (Å²) in [5.41, 5.74) is 1.19. The van der Waals surface area contributed by atoms with Crippen LogP contribution in [-0.4, -0.2) is 29.6 Å². The van der Waals surface area contributed by atoms with E-state index in [0.717, 1.165) is 0 Å². The highest BCUT2D eigenvalue weighted by molar-refractivity contribution is 6.12. The molecule has 21 heavy (non-hydrogen) atoms. The van der Waals surface area contributed by atoms with E-state index in [4.69, 9.17) is 4.74 Å². The summed E-state index contributed by atoms with van der Waals surface area (Å²) in [5, 5.41) is 9.66. The van der Waals surface area contributed by atoms with Crippen LogP contribution < -0.4 is 0 Å². The Morgan fingerprint density at radius 2 is 1.90 bits per heavy atom. The lowest BCUT2D eigenvalue weighted by Gasteiger charge is -2.14. The minimum Gasteiger partial charge on any atom is -0.463 e. The van der Waals surface area contributed by atoms with Gasteiger partial charge in [0.15, 0.2) is 5.78 Å². The van der Waals surface area contributed by atoms with Gasteiger partial charge in [0.25, 0.3) is 0 Å². The number of Topliss-reactive ketones (excluding diaryl/α,β-unsaturated/α-hetero) is 1. The molecule has 0 aromatic rings. The van der Waals surface area contributed by atoms with E-state index in [2.05, 4.69) is 6.58 Å². The third kappa shape index (κ3) is 5.92. The van der Waals surface area contributed by atoms with Crippen molar-refractivity contribution < 1.29 is 19.4 Å². The van der Waals surface area contributed by atoms with Crippen molar-refractivity contribution in [2.75, 3.05) is 6.61 Å². The van der Waals surface area contributed by atoms with Crippen LogP contribution in [0.1, 0.15) is 34.1 Å². The van der Waals surface area contributed by atoms with E-state index < -0.39 is 12.1 Å². The summed E-state index contributed by atoms with van der Waals surface area (Å²) in [4.78, 5) is 24.1. The highest BCUT2D eigenvalue weighted by Gasteiger charge is 2.20. The molecule has 0 aliphatic heterocycles. The van der Waals surface area contributed by atoms with Crippen LogP contribution in [0.5, 0.6) is 0 Å². The predicted molar refractivity (Wildman–Crippen MR) is 83.7 cm³/mol. The van der Waals surface area contributed by atoms with Gasteiger partial charge in [0, 0.05) is 17.2 Å². The number of ether oxygens (including phenoxy) is 1. The number of hydrogen-bond acceptors (Lipinski definition) is 4. The van der Waals surface area contributed by atoms with E-state index in [1.807, 2.05) is 0 Å². The van der Waals surface area contributed by atoms with Gasteiger partial charge >= 0.3 is 5.97 Å². The quantitative estimate of drug-likeness (QED) is 0.323. The van der Waals surface area contributed by atoms with Gasteiger partial charge in [-0.25, -0.2) is 4.79 Å². The zero-order valence-corrected chi connectivity index (χ0v) is 13.2. The normalized spacial score (nSPS) is 14.6. The van der Waals surface area contributed by atoms with Gasteiger partial charge in [-0.3, -0.25) is 4.79 Å². The Morgan fingerprint density at radius 1 is 1.29 bits per heavy atom. The molecule has 1 atom stereocenters. The van der Waals surface area contributed by atoms with Crippen LogP contribution in [0.2, 0.25) is 0 Å². The van der Waals surface area contributed by atoms with Crippen LogP contribution in [0.3, 0.4) is 0 Å². The zero-order valence-electron chi connectivity index (χ0n) is 13.2. The van der Waals surface area contributed by atoms with E-state index >= 15 is 0 Å². The van der Waals surface area contributed by atoms with Crippen molar-refractivity contribution in [1.29, 1.82) is 0 Å². The molecule has 0 aromatic carbocycles. The molecule has 0 heterocycles. The highest BCUT2D eigenvalue weighted by atomic mass is 16.5. The van der Waals surface area contributed by atoms with Crippen LogP contribution >= 0.6 is 0 Å². The van der Waals surface area contributed by atoms with Gasteiger partial charge in [-0.05, 0) is 39.7 Å². The monoisotopic (exact) mass is 292 g/mol. The maximum Gasteiger partial charge on any atom is 0.331 e. The van der Waals surface area contributed by atoms with Crippen LogP contribution in [0, 0.1) is 0 Å². The van der Waals surface area contributed by atoms with Crippen molar-refractivity contribution in [2.45, 2.75) is 40.2 Å². The van der Waals surface area contributed by atoms with Gasteiger partial charge < -0.3 is 9.84 Å². The summed E-state index contributed by atoms with van der Waals surface area (Å²) in [6.45, 7) is 10.5. The molecule has 0 rings (SSSR count). The van der Waals surface area contributed by atoms with Gasteiger partial charge in [-0.1, -0.05) is 18.2 Å². The lowest BCUT2D eigenvalue weighted by Crippen LogP contribution is -2.18. The number of hydrogen-bond donors (Lipinski definition) is 1.